The molecule has 1 aliphatic heterocycles. The van der Waals surface area contributed by atoms with E-state index in [1.54, 1.807) is 18.2 Å². The van der Waals surface area contributed by atoms with E-state index < -0.39 is 0 Å². The van der Waals surface area contributed by atoms with Crippen LogP contribution in [0.15, 0.2) is 24.3 Å². The zero-order valence-corrected chi connectivity index (χ0v) is 10.6. The average Bonchev–Trinajstić information content (AvgIpc) is 2.30. The van der Waals surface area contributed by atoms with Crippen LogP contribution in [0.1, 0.15) is 18.9 Å². The van der Waals surface area contributed by atoms with Gasteiger partial charge in [-0.05, 0) is 30.4 Å². The Morgan fingerprint density at radius 3 is 2.69 bits per heavy atom. The molecule has 0 atom stereocenters. The Bertz CT molecular complexity index is 403. The largest absolute Gasteiger partial charge is 0.269 e. The summed E-state index contributed by atoms with van der Waals surface area (Å²) in [6, 6.07) is 7.00. The van der Waals surface area contributed by atoms with Crippen molar-refractivity contribution in [3.8, 4) is 0 Å². The molecule has 5 heteroatoms. The second-order valence-electron chi connectivity index (χ2n) is 3.80. The highest BCUT2D eigenvalue weighted by atomic mass is 32.2. The second-order valence-corrected chi connectivity index (χ2v) is 7.09. The van der Waals surface area contributed by atoms with Gasteiger partial charge in [-0.2, -0.15) is 0 Å². The van der Waals surface area contributed by atoms with E-state index >= 15 is 0 Å². The highest BCUT2D eigenvalue weighted by molar-refractivity contribution is 8.18. The molecule has 1 saturated heterocycles. The van der Waals surface area contributed by atoms with Crippen molar-refractivity contribution in [2.45, 2.75) is 17.4 Å². The summed E-state index contributed by atoms with van der Waals surface area (Å²) >= 11 is 3.76. The van der Waals surface area contributed by atoms with Gasteiger partial charge in [0.15, 0.2) is 0 Å². The summed E-state index contributed by atoms with van der Waals surface area (Å²) in [7, 11) is 0. The molecular formula is C11H13NO2S2. The fraction of sp³-hybridized carbons (Fsp3) is 0.455. The van der Waals surface area contributed by atoms with Crippen molar-refractivity contribution in [1.82, 2.24) is 0 Å². The number of hydrogen-bond acceptors (Lipinski definition) is 4. The van der Waals surface area contributed by atoms with Gasteiger partial charge in [0, 0.05) is 12.1 Å². The van der Waals surface area contributed by atoms with Crippen molar-refractivity contribution in [2.75, 3.05) is 11.5 Å². The van der Waals surface area contributed by atoms with E-state index in [-0.39, 0.29) is 14.7 Å². The Kier molecular flexibility index (Phi) is 3.44. The van der Waals surface area contributed by atoms with Crippen LogP contribution in [-0.2, 0) is 4.08 Å². The highest BCUT2D eigenvalue weighted by Gasteiger charge is 2.31. The van der Waals surface area contributed by atoms with Crippen molar-refractivity contribution in [2.24, 2.45) is 0 Å². The number of nitro benzene ring substituents is 1. The molecule has 1 aromatic carbocycles. The number of rotatable bonds is 2. The van der Waals surface area contributed by atoms with Crippen LogP contribution in [0.4, 0.5) is 5.69 Å². The lowest BCUT2D eigenvalue weighted by Gasteiger charge is -2.32. The number of nitro groups is 1. The average molecular weight is 255 g/mol. The Hall–Kier alpha value is -0.680. The normalized spacial score (nSPS) is 19.3. The van der Waals surface area contributed by atoms with E-state index in [2.05, 4.69) is 6.92 Å². The smallest absolute Gasteiger partial charge is 0.258 e. The summed E-state index contributed by atoms with van der Waals surface area (Å²) in [6.45, 7) is 2.15. The van der Waals surface area contributed by atoms with Crippen LogP contribution >= 0.6 is 23.5 Å². The van der Waals surface area contributed by atoms with Gasteiger partial charge in [-0.25, -0.2) is 0 Å². The molecule has 3 nitrogen and oxygen atoms in total. The van der Waals surface area contributed by atoms with E-state index in [9.17, 15) is 10.1 Å². The monoisotopic (exact) mass is 255 g/mol. The van der Waals surface area contributed by atoms with E-state index in [0.717, 1.165) is 17.1 Å². The number of non-ortho nitro benzene ring substituents is 1. The first-order valence-electron chi connectivity index (χ1n) is 5.15. The van der Waals surface area contributed by atoms with Gasteiger partial charge in [-0.15, -0.1) is 23.5 Å². The van der Waals surface area contributed by atoms with Crippen molar-refractivity contribution >= 4 is 29.2 Å². The molecule has 16 heavy (non-hydrogen) atoms. The maximum absolute atomic E-state index is 10.7. The maximum Gasteiger partial charge on any atom is 0.269 e. The Morgan fingerprint density at radius 1 is 1.38 bits per heavy atom. The van der Waals surface area contributed by atoms with Crippen LogP contribution in [0.25, 0.3) is 0 Å². The molecule has 86 valence electrons. The minimum absolute atomic E-state index is 0.0235. The number of nitrogens with zero attached hydrogens (tertiary/aromatic N) is 1. The van der Waals surface area contributed by atoms with Crippen molar-refractivity contribution in [1.29, 1.82) is 0 Å². The van der Waals surface area contributed by atoms with Crippen LogP contribution in [0.2, 0.25) is 0 Å². The summed E-state index contributed by atoms with van der Waals surface area (Å²) in [6.07, 6.45) is 1.22. The van der Waals surface area contributed by atoms with Crippen LogP contribution in [0.3, 0.4) is 0 Å². The minimum atomic E-state index is -0.328. The zero-order valence-electron chi connectivity index (χ0n) is 9.01. The highest BCUT2D eigenvalue weighted by Crippen LogP contribution is 2.50. The fourth-order valence-electron chi connectivity index (χ4n) is 1.70. The summed E-state index contributed by atoms with van der Waals surface area (Å²) < 4.78 is -0.0235. The van der Waals surface area contributed by atoms with Crippen LogP contribution in [-0.4, -0.2) is 16.4 Å². The Morgan fingerprint density at radius 2 is 2.06 bits per heavy atom. The molecular weight excluding hydrogens is 242 g/mol. The van der Waals surface area contributed by atoms with Gasteiger partial charge in [0.2, 0.25) is 0 Å². The predicted octanol–water partition coefficient (Wildman–Crippen LogP) is 3.64. The molecule has 1 aliphatic rings. The third-order valence-corrected chi connectivity index (χ3v) is 5.89. The van der Waals surface area contributed by atoms with Gasteiger partial charge in [0.1, 0.15) is 0 Å². The summed E-state index contributed by atoms with van der Waals surface area (Å²) in [5, 5.41) is 10.7. The van der Waals surface area contributed by atoms with E-state index in [0.29, 0.717) is 0 Å². The molecule has 0 amide bonds. The zero-order chi connectivity index (χ0) is 11.6. The molecule has 1 heterocycles. The first kappa shape index (κ1) is 11.8. The summed E-state index contributed by atoms with van der Waals surface area (Å²) in [5.41, 5.74) is 1.24. The maximum atomic E-state index is 10.7. The molecule has 0 aliphatic carbocycles. The van der Waals surface area contributed by atoms with Crippen LogP contribution in [0.5, 0.6) is 0 Å². The number of thioether (sulfide) groups is 2. The molecule has 1 aromatic rings. The molecule has 1 fully saturated rings. The van der Waals surface area contributed by atoms with Gasteiger partial charge in [0.25, 0.3) is 5.69 Å². The molecule has 0 unspecified atom stereocenters. The van der Waals surface area contributed by atoms with Gasteiger partial charge >= 0.3 is 0 Å². The van der Waals surface area contributed by atoms with Crippen LogP contribution < -0.4 is 0 Å². The standard InChI is InChI=1S/C11H13NO2S2/c1-11(15-6-3-7-16-11)9-4-2-5-10(8-9)12(13)14/h2,4-5,8H,3,6-7H2,1H3. The lowest BCUT2D eigenvalue weighted by molar-refractivity contribution is -0.384. The molecule has 0 N–H and O–H groups in total. The molecule has 2 rings (SSSR count). The van der Waals surface area contributed by atoms with Crippen molar-refractivity contribution < 1.29 is 4.92 Å². The van der Waals surface area contributed by atoms with E-state index in [1.807, 2.05) is 29.6 Å². The quantitative estimate of drug-likeness (QED) is 0.598. The Balaban J connectivity index is 2.31. The number of hydrogen-bond donors (Lipinski definition) is 0. The molecule has 0 saturated carbocycles. The third-order valence-electron chi connectivity index (χ3n) is 2.63. The van der Waals surface area contributed by atoms with E-state index in [1.165, 1.54) is 6.42 Å². The number of benzene rings is 1. The summed E-state index contributed by atoms with van der Waals surface area (Å²) in [5.74, 6) is 2.26. The van der Waals surface area contributed by atoms with Crippen LogP contribution in [0, 0.1) is 10.1 Å². The SMILES string of the molecule is CC1(c2cccc([N+](=O)[O-])c2)SCCCS1. The molecule has 0 spiro atoms. The minimum Gasteiger partial charge on any atom is -0.258 e. The van der Waals surface area contributed by atoms with Crippen molar-refractivity contribution in [3.05, 3.63) is 39.9 Å². The van der Waals surface area contributed by atoms with Gasteiger partial charge in [-0.1, -0.05) is 12.1 Å². The lowest BCUT2D eigenvalue weighted by Crippen LogP contribution is -2.18. The second kappa shape index (κ2) is 4.67. The summed E-state index contributed by atoms with van der Waals surface area (Å²) in [4.78, 5) is 10.4. The molecule has 0 bridgehead atoms. The molecule has 0 aromatic heterocycles. The van der Waals surface area contributed by atoms with Gasteiger partial charge in [0.05, 0.1) is 9.00 Å². The first-order chi connectivity index (χ1) is 7.62. The predicted molar refractivity (Wildman–Crippen MR) is 70.0 cm³/mol. The topological polar surface area (TPSA) is 43.1 Å². The lowest BCUT2D eigenvalue weighted by atomic mass is 10.1. The van der Waals surface area contributed by atoms with E-state index in [4.69, 9.17) is 0 Å². The Labute approximate surface area is 103 Å². The fourth-order valence-corrected chi connectivity index (χ4v) is 4.66. The third kappa shape index (κ3) is 2.35. The molecule has 0 radical (unpaired) electrons. The van der Waals surface area contributed by atoms with Gasteiger partial charge < -0.3 is 0 Å². The van der Waals surface area contributed by atoms with Gasteiger partial charge in [-0.3, -0.25) is 10.1 Å². The first-order valence-corrected chi connectivity index (χ1v) is 7.12. The van der Waals surface area contributed by atoms with Crippen molar-refractivity contribution in [3.63, 3.8) is 0 Å².